The van der Waals surface area contributed by atoms with E-state index in [9.17, 15) is 9.59 Å². The van der Waals surface area contributed by atoms with Gasteiger partial charge in [-0.3, -0.25) is 9.36 Å². The molecular formula is C33H34N8O3. The molecule has 0 radical (unpaired) electrons. The number of ether oxygens (including phenoxy) is 1. The van der Waals surface area contributed by atoms with E-state index in [-0.39, 0.29) is 5.56 Å². The Bertz CT molecular complexity index is 2010. The van der Waals surface area contributed by atoms with E-state index in [1.54, 1.807) is 14.0 Å². The van der Waals surface area contributed by atoms with Crippen LogP contribution in [0.1, 0.15) is 56.4 Å². The van der Waals surface area contributed by atoms with E-state index in [1.807, 2.05) is 78.2 Å². The number of tetrazole rings is 1. The Morgan fingerprint density at radius 1 is 0.886 bits per heavy atom. The number of nitrogens with one attached hydrogen (secondary N) is 1. The lowest BCUT2D eigenvalue weighted by Gasteiger charge is -2.20. The van der Waals surface area contributed by atoms with Gasteiger partial charge in [-0.2, -0.15) is 0 Å². The summed E-state index contributed by atoms with van der Waals surface area (Å²) in [6.07, 6.45) is 0.847. The molecule has 0 saturated heterocycles. The number of hydrogen-bond donors (Lipinski definition) is 1. The van der Waals surface area contributed by atoms with Crippen LogP contribution >= 0.6 is 0 Å². The zero-order chi connectivity index (χ0) is 30.8. The number of aromatic nitrogens is 8. The van der Waals surface area contributed by atoms with E-state index in [1.165, 1.54) is 9.13 Å². The molecule has 3 aromatic carbocycles. The van der Waals surface area contributed by atoms with Crippen LogP contribution in [0.3, 0.4) is 0 Å². The lowest BCUT2D eigenvalue weighted by Crippen LogP contribution is -2.43. The van der Waals surface area contributed by atoms with Crippen molar-refractivity contribution in [2.45, 2.75) is 52.4 Å². The van der Waals surface area contributed by atoms with Gasteiger partial charge in [0.15, 0.2) is 17.0 Å². The van der Waals surface area contributed by atoms with E-state index in [4.69, 9.17) is 9.72 Å². The summed E-state index contributed by atoms with van der Waals surface area (Å²) in [5.74, 6) is 1.34. The van der Waals surface area contributed by atoms with Gasteiger partial charge in [0.1, 0.15) is 12.1 Å². The van der Waals surface area contributed by atoms with Crippen LogP contribution in [-0.4, -0.2) is 46.4 Å². The van der Waals surface area contributed by atoms with Crippen LogP contribution in [0.2, 0.25) is 0 Å². The number of rotatable bonds is 10. The fourth-order valence-corrected chi connectivity index (χ4v) is 5.70. The molecule has 3 aromatic heterocycles. The SMILES string of the molecule is CCCc1nc2c(c(=O)n(C(C)c3ccccc3)c(=O)n2C(C)OC)n1Cc1ccc(-c2ccccc2-c2nnn[nH]2)cc1. The number of H-pyrrole nitrogens is 1. The van der Waals surface area contributed by atoms with Gasteiger partial charge in [-0.25, -0.2) is 19.4 Å². The van der Waals surface area contributed by atoms with Crippen molar-refractivity contribution in [3.05, 3.63) is 117 Å². The maximum absolute atomic E-state index is 14.3. The number of hydrogen-bond acceptors (Lipinski definition) is 7. The topological polar surface area (TPSA) is 126 Å². The molecule has 2 atom stereocenters. The molecule has 224 valence electrons. The minimum absolute atomic E-state index is 0.334. The van der Waals surface area contributed by atoms with Crippen molar-refractivity contribution < 1.29 is 4.74 Å². The minimum atomic E-state index is -0.628. The van der Waals surface area contributed by atoms with Crippen LogP contribution in [0.25, 0.3) is 33.7 Å². The summed E-state index contributed by atoms with van der Waals surface area (Å²) in [5.41, 5.74) is 4.64. The van der Waals surface area contributed by atoms with Gasteiger partial charge in [0.2, 0.25) is 0 Å². The Hall–Kier alpha value is -5.16. The van der Waals surface area contributed by atoms with Crippen LogP contribution in [0.4, 0.5) is 0 Å². The van der Waals surface area contributed by atoms with E-state index in [2.05, 4.69) is 39.7 Å². The average molecular weight is 591 g/mol. The fraction of sp³-hybridized carbons (Fsp3) is 0.273. The number of nitrogens with zero attached hydrogens (tertiary/aromatic N) is 7. The van der Waals surface area contributed by atoms with E-state index in [0.29, 0.717) is 30.0 Å². The van der Waals surface area contributed by atoms with Crippen molar-refractivity contribution in [1.29, 1.82) is 0 Å². The molecule has 0 spiro atoms. The quantitative estimate of drug-likeness (QED) is 0.238. The first kappa shape index (κ1) is 28.9. The largest absolute Gasteiger partial charge is 0.361 e. The number of methoxy groups -OCH3 is 1. The highest BCUT2D eigenvalue weighted by molar-refractivity contribution is 5.80. The number of aromatic amines is 1. The summed E-state index contributed by atoms with van der Waals surface area (Å²) in [6, 6.07) is 25.2. The number of benzene rings is 3. The molecular weight excluding hydrogens is 556 g/mol. The second-order valence-corrected chi connectivity index (χ2v) is 10.8. The molecule has 11 nitrogen and oxygen atoms in total. The molecule has 0 bridgehead atoms. The standard InChI is InChI=1S/C33H34N8O3/c1-5-11-28-34-31-29(32(42)40(33(43)41(31)22(3)44-4)21(2)24-12-7-6-8-13-24)39(28)20-23-16-18-25(19-17-23)26-14-9-10-15-27(26)30-35-37-38-36-30/h6-10,12-19,21-22H,5,11,20H2,1-4H3,(H,35,36,37,38). The predicted octanol–water partition coefficient (Wildman–Crippen LogP) is 4.98. The Balaban J connectivity index is 1.48. The maximum atomic E-state index is 14.3. The third-order valence-electron chi connectivity index (χ3n) is 8.07. The van der Waals surface area contributed by atoms with Gasteiger partial charge >= 0.3 is 5.69 Å². The highest BCUT2D eigenvalue weighted by Gasteiger charge is 2.26. The first-order chi connectivity index (χ1) is 21.4. The van der Waals surface area contributed by atoms with Crippen LogP contribution in [-0.2, 0) is 17.7 Å². The lowest BCUT2D eigenvalue weighted by atomic mass is 9.98. The van der Waals surface area contributed by atoms with E-state index in [0.717, 1.165) is 40.1 Å². The third kappa shape index (κ3) is 5.15. The Morgan fingerprint density at radius 3 is 2.25 bits per heavy atom. The third-order valence-corrected chi connectivity index (χ3v) is 8.07. The lowest BCUT2D eigenvalue weighted by molar-refractivity contribution is 0.0583. The molecule has 0 amide bonds. The van der Waals surface area contributed by atoms with Crippen molar-refractivity contribution in [3.63, 3.8) is 0 Å². The van der Waals surface area contributed by atoms with E-state index >= 15 is 0 Å². The van der Waals surface area contributed by atoms with Crippen LogP contribution in [0.15, 0.2) is 88.5 Å². The van der Waals surface area contributed by atoms with E-state index < -0.39 is 18.0 Å². The van der Waals surface area contributed by atoms with Crippen molar-refractivity contribution in [2.75, 3.05) is 7.11 Å². The van der Waals surface area contributed by atoms with Gasteiger partial charge < -0.3 is 9.30 Å². The molecule has 0 aliphatic carbocycles. The molecule has 44 heavy (non-hydrogen) atoms. The predicted molar refractivity (Wildman–Crippen MR) is 168 cm³/mol. The van der Waals surface area contributed by atoms with Gasteiger partial charge in [0.05, 0.1) is 6.04 Å². The van der Waals surface area contributed by atoms with Crippen molar-refractivity contribution in [2.24, 2.45) is 0 Å². The maximum Gasteiger partial charge on any atom is 0.335 e. The molecule has 6 rings (SSSR count). The summed E-state index contributed by atoms with van der Waals surface area (Å²) in [4.78, 5) is 33.1. The van der Waals surface area contributed by atoms with Gasteiger partial charge in [-0.1, -0.05) is 85.8 Å². The molecule has 11 heteroatoms. The molecule has 0 aliphatic heterocycles. The minimum Gasteiger partial charge on any atom is -0.361 e. The van der Waals surface area contributed by atoms with Crippen molar-refractivity contribution in [3.8, 4) is 22.5 Å². The second-order valence-electron chi connectivity index (χ2n) is 10.8. The Kier molecular flexibility index (Phi) is 8.03. The summed E-state index contributed by atoms with van der Waals surface area (Å²) in [7, 11) is 1.54. The zero-order valence-corrected chi connectivity index (χ0v) is 25.1. The van der Waals surface area contributed by atoms with Gasteiger partial charge in [-0.15, -0.1) is 5.10 Å². The van der Waals surface area contributed by atoms with Crippen molar-refractivity contribution in [1.82, 2.24) is 39.3 Å². The van der Waals surface area contributed by atoms with Crippen LogP contribution in [0.5, 0.6) is 0 Å². The van der Waals surface area contributed by atoms with Gasteiger partial charge in [0.25, 0.3) is 5.56 Å². The monoisotopic (exact) mass is 590 g/mol. The van der Waals surface area contributed by atoms with Gasteiger partial charge in [-0.05, 0) is 52.9 Å². The first-order valence-electron chi connectivity index (χ1n) is 14.7. The highest BCUT2D eigenvalue weighted by Crippen LogP contribution is 2.30. The Morgan fingerprint density at radius 2 is 1.59 bits per heavy atom. The number of imidazole rings is 1. The summed E-state index contributed by atoms with van der Waals surface area (Å²) >= 11 is 0. The van der Waals surface area contributed by atoms with Crippen LogP contribution in [0, 0.1) is 0 Å². The highest BCUT2D eigenvalue weighted by atomic mass is 16.5. The molecule has 6 aromatic rings. The van der Waals surface area contributed by atoms with Gasteiger partial charge in [0, 0.05) is 25.6 Å². The summed E-state index contributed by atoms with van der Waals surface area (Å²) in [6.45, 7) is 6.13. The molecule has 0 fully saturated rings. The molecule has 0 saturated carbocycles. The normalized spacial score (nSPS) is 12.9. The second kappa shape index (κ2) is 12.2. The summed E-state index contributed by atoms with van der Waals surface area (Å²) < 4.78 is 10.4. The molecule has 2 unspecified atom stereocenters. The molecule has 3 heterocycles. The molecule has 1 N–H and O–H groups in total. The number of fused-ring (bicyclic) bond motifs is 1. The van der Waals surface area contributed by atoms with Crippen molar-refractivity contribution >= 4 is 11.2 Å². The smallest absolute Gasteiger partial charge is 0.335 e. The fourth-order valence-electron chi connectivity index (χ4n) is 5.70. The molecule has 0 aliphatic rings. The summed E-state index contributed by atoms with van der Waals surface area (Å²) in [5, 5.41) is 14.4. The van der Waals surface area contributed by atoms with Crippen LogP contribution < -0.4 is 11.2 Å². The Labute approximate surface area is 253 Å². The average Bonchev–Trinajstić information content (AvgIpc) is 3.71. The zero-order valence-electron chi connectivity index (χ0n) is 25.1. The first-order valence-corrected chi connectivity index (χ1v) is 14.7. The number of aryl methyl sites for hydroxylation is 1.